The van der Waals surface area contributed by atoms with Crippen LogP contribution in [0.15, 0.2) is 23.3 Å². The molecule has 2 heterocycles. The maximum absolute atomic E-state index is 4.28. The number of hydrogen-bond donors (Lipinski definition) is 2. The van der Waals surface area contributed by atoms with Crippen molar-refractivity contribution < 1.29 is 0 Å². The summed E-state index contributed by atoms with van der Waals surface area (Å²) in [5.41, 5.74) is 1.14. The highest BCUT2D eigenvalue weighted by Gasteiger charge is 2.09. The third-order valence-corrected chi connectivity index (χ3v) is 3.23. The van der Waals surface area contributed by atoms with Gasteiger partial charge in [-0.15, -0.1) is 10.2 Å². The molecular weight excluding hydrogens is 254 g/mol. The predicted molar refractivity (Wildman–Crippen MR) is 78.2 cm³/mol. The van der Waals surface area contributed by atoms with Crippen molar-refractivity contribution in [3.05, 3.63) is 35.7 Å². The maximum atomic E-state index is 4.28. The Kier molecular flexibility index (Phi) is 4.39. The van der Waals surface area contributed by atoms with Crippen LogP contribution in [0.3, 0.4) is 0 Å². The van der Waals surface area contributed by atoms with Crippen LogP contribution < -0.4 is 5.32 Å². The Hall–Kier alpha value is -2.31. The van der Waals surface area contributed by atoms with Crippen LogP contribution in [0.2, 0.25) is 0 Å². The second kappa shape index (κ2) is 6.23. The Labute approximate surface area is 118 Å². The largest absolute Gasteiger partial charge is 0.364 e. The van der Waals surface area contributed by atoms with E-state index in [1.807, 2.05) is 37.8 Å². The molecule has 2 aromatic heterocycles. The van der Waals surface area contributed by atoms with E-state index < -0.39 is 0 Å². The molecule has 0 amide bonds. The number of aliphatic imine (C=N–C) groups is 1. The van der Waals surface area contributed by atoms with Crippen molar-refractivity contribution >= 4 is 5.96 Å². The van der Waals surface area contributed by atoms with Gasteiger partial charge in [-0.2, -0.15) is 0 Å². The van der Waals surface area contributed by atoms with Crippen LogP contribution in [0.4, 0.5) is 0 Å². The van der Waals surface area contributed by atoms with Gasteiger partial charge in [-0.3, -0.25) is 4.99 Å². The summed E-state index contributed by atoms with van der Waals surface area (Å²) in [5, 5.41) is 11.5. The summed E-state index contributed by atoms with van der Waals surface area (Å²) in [6.45, 7) is 3.30. The van der Waals surface area contributed by atoms with Crippen LogP contribution in [0, 0.1) is 6.92 Å². The molecule has 0 spiro atoms. The SMILES string of the molecule is CN=C(NCc1nnc(C)n1C)N(C)Cc1ccc[nH]1. The number of aromatic amines is 1. The molecule has 2 N–H and O–H groups in total. The van der Waals surface area contributed by atoms with Crippen molar-refractivity contribution in [2.24, 2.45) is 12.0 Å². The molecular formula is C13H21N7. The average molecular weight is 275 g/mol. The lowest BCUT2D eigenvalue weighted by molar-refractivity contribution is 0.468. The summed E-state index contributed by atoms with van der Waals surface area (Å²) in [6, 6.07) is 4.04. The van der Waals surface area contributed by atoms with E-state index in [1.54, 1.807) is 7.05 Å². The number of rotatable bonds is 4. The molecule has 0 bridgehead atoms. The van der Waals surface area contributed by atoms with Gasteiger partial charge >= 0.3 is 0 Å². The molecule has 0 radical (unpaired) electrons. The summed E-state index contributed by atoms with van der Waals surface area (Å²) in [7, 11) is 5.73. The van der Waals surface area contributed by atoms with Gasteiger partial charge in [-0.1, -0.05) is 0 Å². The van der Waals surface area contributed by atoms with E-state index in [0.29, 0.717) is 6.54 Å². The Morgan fingerprint density at radius 3 is 2.85 bits per heavy atom. The number of hydrogen-bond acceptors (Lipinski definition) is 3. The standard InChI is InChI=1S/C13H21N7/c1-10-17-18-12(20(10)4)8-16-13(14-2)19(3)9-11-6-5-7-15-11/h5-7,15H,8-9H2,1-4H3,(H,14,16). The Balaban J connectivity index is 1.94. The van der Waals surface area contributed by atoms with E-state index >= 15 is 0 Å². The van der Waals surface area contributed by atoms with Gasteiger partial charge in [-0.25, -0.2) is 0 Å². The second-order valence-electron chi connectivity index (χ2n) is 4.67. The van der Waals surface area contributed by atoms with Crippen molar-refractivity contribution in [2.45, 2.75) is 20.0 Å². The summed E-state index contributed by atoms with van der Waals surface area (Å²) in [4.78, 5) is 9.51. The number of aromatic nitrogens is 4. The molecule has 0 saturated heterocycles. The second-order valence-corrected chi connectivity index (χ2v) is 4.67. The third-order valence-electron chi connectivity index (χ3n) is 3.23. The molecule has 108 valence electrons. The van der Waals surface area contributed by atoms with Gasteiger partial charge in [-0.05, 0) is 19.1 Å². The fourth-order valence-electron chi connectivity index (χ4n) is 1.94. The summed E-state index contributed by atoms with van der Waals surface area (Å²) in [5.74, 6) is 2.61. The topological polar surface area (TPSA) is 74.1 Å². The Morgan fingerprint density at radius 2 is 2.30 bits per heavy atom. The first-order valence-electron chi connectivity index (χ1n) is 6.50. The third kappa shape index (κ3) is 3.17. The smallest absolute Gasteiger partial charge is 0.194 e. The lowest BCUT2D eigenvalue weighted by atomic mass is 10.4. The van der Waals surface area contributed by atoms with Crippen molar-refractivity contribution in [1.82, 2.24) is 30.0 Å². The minimum Gasteiger partial charge on any atom is -0.364 e. The highest BCUT2D eigenvalue weighted by molar-refractivity contribution is 5.79. The first-order chi connectivity index (χ1) is 9.61. The molecule has 0 aromatic carbocycles. The lowest BCUT2D eigenvalue weighted by Crippen LogP contribution is -2.38. The lowest BCUT2D eigenvalue weighted by Gasteiger charge is -2.21. The van der Waals surface area contributed by atoms with Crippen LogP contribution in [-0.2, 0) is 20.1 Å². The molecule has 0 unspecified atom stereocenters. The minimum atomic E-state index is 0.596. The summed E-state index contributed by atoms with van der Waals surface area (Å²) in [6.07, 6.45) is 1.92. The molecule has 0 aliphatic carbocycles. The maximum Gasteiger partial charge on any atom is 0.194 e. The van der Waals surface area contributed by atoms with Gasteiger partial charge in [0.15, 0.2) is 11.8 Å². The fraction of sp³-hybridized carbons (Fsp3) is 0.462. The highest BCUT2D eigenvalue weighted by Crippen LogP contribution is 2.01. The van der Waals surface area contributed by atoms with Crippen LogP contribution in [0.1, 0.15) is 17.3 Å². The van der Waals surface area contributed by atoms with E-state index in [9.17, 15) is 0 Å². The van der Waals surface area contributed by atoms with E-state index in [0.717, 1.165) is 29.8 Å². The number of guanidine groups is 1. The van der Waals surface area contributed by atoms with Crippen LogP contribution in [-0.4, -0.2) is 44.7 Å². The number of H-pyrrole nitrogens is 1. The summed E-state index contributed by atoms with van der Waals surface area (Å²) >= 11 is 0. The summed E-state index contributed by atoms with van der Waals surface area (Å²) < 4.78 is 1.96. The van der Waals surface area contributed by atoms with Crippen LogP contribution in [0.25, 0.3) is 0 Å². The Bertz CT molecular complexity index is 568. The molecule has 2 rings (SSSR count). The van der Waals surface area contributed by atoms with Crippen molar-refractivity contribution in [1.29, 1.82) is 0 Å². The molecule has 7 heteroatoms. The zero-order valence-electron chi connectivity index (χ0n) is 12.4. The predicted octanol–water partition coefficient (Wildman–Crippen LogP) is 0.659. The fourth-order valence-corrected chi connectivity index (χ4v) is 1.94. The Morgan fingerprint density at radius 1 is 1.50 bits per heavy atom. The van der Waals surface area contributed by atoms with Crippen molar-refractivity contribution in [3.63, 3.8) is 0 Å². The van der Waals surface area contributed by atoms with Gasteiger partial charge in [0.25, 0.3) is 0 Å². The number of aryl methyl sites for hydroxylation is 1. The first kappa shape index (κ1) is 14.1. The highest BCUT2D eigenvalue weighted by atomic mass is 15.3. The van der Waals surface area contributed by atoms with Gasteiger partial charge in [0, 0.05) is 33.0 Å². The molecule has 7 nitrogen and oxygen atoms in total. The van der Waals surface area contributed by atoms with Gasteiger partial charge in [0.05, 0.1) is 13.1 Å². The van der Waals surface area contributed by atoms with Gasteiger partial charge < -0.3 is 19.8 Å². The molecule has 20 heavy (non-hydrogen) atoms. The van der Waals surface area contributed by atoms with Crippen LogP contribution in [0.5, 0.6) is 0 Å². The molecule has 0 aliphatic rings. The zero-order chi connectivity index (χ0) is 14.5. The number of nitrogens with zero attached hydrogens (tertiary/aromatic N) is 5. The monoisotopic (exact) mass is 275 g/mol. The molecule has 2 aromatic rings. The van der Waals surface area contributed by atoms with Crippen LogP contribution >= 0.6 is 0 Å². The molecule has 0 saturated carbocycles. The van der Waals surface area contributed by atoms with E-state index in [1.165, 1.54) is 0 Å². The van der Waals surface area contributed by atoms with Crippen molar-refractivity contribution in [2.75, 3.05) is 14.1 Å². The van der Waals surface area contributed by atoms with E-state index in [-0.39, 0.29) is 0 Å². The first-order valence-corrected chi connectivity index (χ1v) is 6.50. The molecule has 0 aliphatic heterocycles. The van der Waals surface area contributed by atoms with E-state index in [4.69, 9.17) is 0 Å². The zero-order valence-corrected chi connectivity index (χ0v) is 12.4. The minimum absolute atomic E-state index is 0.596. The van der Waals surface area contributed by atoms with Gasteiger partial charge in [0.2, 0.25) is 0 Å². The van der Waals surface area contributed by atoms with Gasteiger partial charge in [0.1, 0.15) is 5.82 Å². The number of nitrogens with one attached hydrogen (secondary N) is 2. The normalized spacial score (nSPS) is 11.7. The molecule has 0 atom stereocenters. The molecule has 0 fully saturated rings. The van der Waals surface area contributed by atoms with Crippen molar-refractivity contribution in [3.8, 4) is 0 Å². The average Bonchev–Trinajstić information content (AvgIpc) is 3.04. The van der Waals surface area contributed by atoms with E-state index in [2.05, 4.69) is 36.5 Å². The quantitative estimate of drug-likeness (QED) is 0.635.